The number of benzene rings is 1. The van der Waals surface area contributed by atoms with Gasteiger partial charge in [-0.15, -0.1) is 0 Å². The highest BCUT2D eigenvalue weighted by Crippen LogP contribution is 2.20. The Labute approximate surface area is 155 Å². The number of carbonyl (C=O) groups excluding carboxylic acids is 1. The number of anilines is 1. The number of nitrogen functional groups attached to an aromatic ring is 1. The molecule has 0 aliphatic carbocycles. The number of ether oxygens (including phenoxy) is 1. The van der Waals surface area contributed by atoms with Crippen LogP contribution in [0.4, 0.5) is 5.69 Å². The van der Waals surface area contributed by atoms with Crippen molar-refractivity contribution in [2.24, 2.45) is 0 Å². The van der Waals surface area contributed by atoms with Gasteiger partial charge in [-0.25, -0.2) is 9.67 Å². The topological polar surface area (TPSA) is 101 Å². The molecule has 0 bridgehead atoms. The van der Waals surface area contributed by atoms with Gasteiger partial charge in [0.1, 0.15) is 0 Å². The summed E-state index contributed by atoms with van der Waals surface area (Å²) in [6.07, 6.45) is 8.94. The fourth-order valence-corrected chi connectivity index (χ4v) is 2.86. The van der Waals surface area contributed by atoms with E-state index in [0.29, 0.717) is 23.9 Å². The third kappa shape index (κ3) is 3.37. The molecule has 0 aliphatic heterocycles. The zero-order valence-electron chi connectivity index (χ0n) is 14.7. The van der Waals surface area contributed by atoms with Crippen LogP contribution >= 0.6 is 0 Å². The summed E-state index contributed by atoms with van der Waals surface area (Å²) in [4.78, 5) is 20.6. The van der Waals surface area contributed by atoms with Crippen LogP contribution in [0.25, 0.3) is 22.5 Å². The molecular weight excluding hydrogens is 344 g/mol. The molecule has 8 nitrogen and oxygen atoms in total. The van der Waals surface area contributed by atoms with Crippen molar-refractivity contribution in [3.8, 4) is 11.6 Å². The van der Waals surface area contributed by atoms with Gasteiger partial charge in [-0.3, -0.25) is 9.78 Å². The van der Waals surface area contributed by atoms with E-state index in [1.807, 2.05) is 41.2 Å². The maximum atomic E-state index is 11.6. The lowest BCUT2D eigenvalue weighted by molar-refractivity contribution is -0.142. The number of hydrogen-bond donors (Lipinski definition) is 1. The number of nitrogens with zero attached hydrogens (tertiary/aromatic N) is 5. The van der Waals surface area contributed by atoms with Gasteiger partial charge in [-0.2, -0.15) is 5.10 Å². The van der Waals surface area contributed by atoms with E-state index in [0.717, 1.165) is 16.5 Å². The van der Waals surface area contributed by atoms with Crippen LogP contribution in [0.5, 0.6) is 0 Å². The second-order valence-corrected chi connectivity index (χ2v) is 6.02. The second kappa shape index (κ2) is 6.91. The Balaban J connectivity index is 1.66. The molecule has 1 aromatic carbocycles. The van der Waals surface area contributed by atoms with Gasteiger partial charge in [-0.05, 0) is 36.8 Å². The molecule has 3 aromatic heterocycles. The molecule has 0 unspecified atom stereocenters. The summed E-state index contributed by atoms with van der Waals surface area (Å²) in [5, 5.41) is 5.36. The third-order valence-electron chi connectivity index (χ3n) is 4.09. The molecule has 0 saturated heterocycles. The highest BCUT2D eigenvalue weighted by atomic mass is 16.5. The Morgan fingerprint density at radius 2 is 2.04 bits per heavy atom. The van der Waals surface area contributed by atoms with Gasteiger partial charge >= 0.3 is 5.97 Å². The molecule has 4 rings (SSSR count). The lowest BCUT2D eigenvalue weighted by Crippen LogP contribution is -2.07. The molecule has 0 saturated carbocycles. The van der Waals surface area contributed by atoms with Gasteiger partial charge in [-0.1, -0.05) is 0 Å². The molecule has 4 aromatic rings. The Bertz CT molecular complexity index is 1110. The van der Waals surface area contributed by atoms with Crippen LogP contribution in [-0.2, 0) is 16.0 Å². The van der Waals surface area contributed by atoms with E-state index in [4.69, 9.17) is 10.5 Å². The van der Waals surface area contributed by atoms with Crippen molar-refractivity contribution in [2.75, 3.05) is 12.3 Å². The molecule has 0 aliphatic rings. The SMILES string of the molecule is CCOC(=O)Cc1ccn(-c2cncc(-n3ncc4ccc(N)cc43)n2)c1. The van der Waals surface area contributed by atoms with Gasteiger partial charge in [0.15, 0.2) is 11.6 Å². The van der Waals surface area contributed by atoms with Crippen LogP contribution in [0.2, 0.25) is 0 Å². The van der Waals surface area contributed by atoms with E-state index in [1.54, 1.807) is 30.2 Å². The Kier molecular flexibility index (Phi) is 4.29. The molecule has 8 heteroatoms. The molecule has 0 radical (unpaired) electrons. The molecule has 0 spiro atoms. The van der Waals surface area contributed by atoms with E-state index in [-0.39, 0.29) is 12.4 Å². The lowest BCUT2D eigenvalue weighted by atomic mass is 10.2. The van der Waals surface area contributed by atoms with E-state index in [2.05, 4.69) is 15.1 Å². The summed E-state index contributed by atoms with van der Waals surface area (Å²) in [7, 11) is 0. The fourth-order valence-electron chi connectivity index (χ4n) is 2.86. The number of fused-ring (bicyclic) bond motifs is 1. The Hall–Kier alpha value is -3.68. The van der Waals surface area contributed by atoms with Crippen LogP contribution < -0.4 is 5.73 Å². The predicted octanol–water partition coefficient (Wildman–Crippen LogP) is 2.29. The van der Waals surface area contributed by atoms with Crippen LogP contribution in [0.15, 0.2) is 55.2 Å². The van der Waals surface area contributed by atoms with Crippen LogP contribution in [0, 0.1) is 0 Å². The molecule has 0 amide bonds. The summed E-state index contributed by atoms with van der Waals surface area (Å²) < 4.78 is 8.49. The number of rotatable bonds is 5. The minimum Gasteiger partial charge on any atom is -0.466 e. The number of nitrogens with two attached hydrogens (primary N) is 1. The molecule has 2 N–H and O–H groups in total. The first kappa shape index (κ1) is 16.8. The van der Waals surface area contributed by atoms with Gasteiger partial charge in [0.25, 0.3) is 0 Å². The second-order valence-electron chi connectivity index (χ2n) is 6.02. The van der Waals surface area contributed by atoms with Crippen molar-refractivity contribution in [1.82, 2.24) is 24.3 Å². The lowest BCUT2D eigenvalue weighted by Gasteiger charge is -2.06. The van der Waals surface area contributed by atoms with Gasteiger partial charge in [0, 0.05) is 23.5 Å². The molecule has 136 valence electrons. The molecular formula is C19H18N6O2. The monoisotopic (exact) mass is 362 g/mol. The largest absolute Gasteiger partial charge is 0.466 e. The average Bonchev–Trinajstić information content (AvgIpc) is 3.29. The van der Waals surface area contributed by atoms with Gasteiger partial charge < -0.3 is 15.0 Å². The quantitative estimate of drug-likeness (QED) is 0.432. The average molecular weight is 362 g/mol. The van der Waals surface area contributed by atoms with Crippen molar-refractivity contribution >= 4 is 22.6 Å². The smallest absolute Gasteiger partial charge is 0.310 e. The van der Waals surface area contributed by atoms with E-state index >= 15 is 0 Å². The zero-order valence-corrected chi connectivity index (χ0v) is 14.7. The van der Waals surface area contributed by atoms with Crippen LogP contribution in [-0.4, -0.2) is 36.9 Å². The number of aromatic nitrogens is 5. The first-order valence-electron chi connectivity index (χ1n) is 8.52. The van der Waals surface area contributed by atoms with Crippen molar-refractivity contribution in [1.29, 1.82) is 0 Å². The summed E-state index contributed by atoms with van der Waals surface area (Å²) in [6.45, 7) is 2.16. The van der Waals surface area contributed by atoms with E-state index in [9.17, 15) is 4.79 Å². The zero-order chi connectivity index (χ0) is 18.8. The van der Waals surface area contributed by atoms with Crippen molar-refractivity contribution < 1.29 is 9.53 Å². The van der Waals surface area contributed by atoms with Crippen molar-refractivity contribution in [3.63, 3.8) is 0 Å². The van der Waals surface area contributed by atoms with Gasteiger partial charge in [0.05, 0.1) is 37.1 Å². The van der Waals surface area contributed by atoms with E-state index in [1.165, 1.54) is 0 Å². The maximum Gasteiger partial charge on any atom is 0.310 e. The first-order valence-corrected chi connectivity index (χ1v) is 8.52. The van der Waals surface area contributed by atoms with Crippen molar-refractivity contribution in [2.45, 2.75) is 13.3 Å². The predicted molar refractivity (Wildman–Crippen MR) is 101 cm³/mol. The summed E-state index contributed by atoms with van der Waals surface area (Å²) in [5.74, 6) is 0.944. The maximum absolute atomic E-state index is 11.6. The third-order valence-corrected chi connectivity index (χ3v) is 4.09. The number of hydrogen-bond acceptors (Lipinski definition) is 6. The van der Waals surface area contributed by atoms with Crippen molar-refractivity contribution in [3.05, 3.63) is 60.8 Å². The minimum atomic E-state index is -0.254. The highest BCUT2D eigenvalue weighted by molar-refractivity contribution is 5.83. The molecule has 0 fully saturated rings. The Morgan fingerprint density at radius 1 is 1.19 bits per heavy atom. The van der Waals surface area contributed by atoms with Crippen LogP contribution in [0.3, 0.4) is 0 Å². The molecule has 3 heterocycles. The Morgan fingerprint density at radius 3 is 2.89 bits per heavy atom. The minimum absolute atomic E-state index is 0.219. The summed E-state index contributed by atoms with van der Waals surface area (Å²) >= 11 is 0. The van der Waals surface area contributed by atoms with Gasteiger partial charge in [0.2, 0.25) is 0 Å². The molecule has 27 heavy (non-hydrogen) atoms. The number of carbonyl (C=O) groups is 1. The summed E-state index contributed by atoms with van der Waals surface area (Å²) in [6, 6.07) is 7.46. The normalized spacial score (nSPS) is 11.0. The summed E-state index contributed by atoms with van der Waals surface area (Å²) in [5.41, 5.74) is 8.25. The highest BCUT2D eigenvalue weighted by Gasteiger charge is 2.10. The fraction of sp³-hybridized carbons (Fsp3) is 0.158. The number of esters is 1. The van der Waals surface area contributed by atoms with E-state index < -0.39 is 0 Å². The van der Waals surface area contributed by atoms with Crippen LogP contribution in [0.1, 0.15) is 12.5 Å². The first-order chi connectivity index (χ1) is 13.1. The standard InChI is InChI=1S/C19H18N6O2/c1-2-27-19(26)7-13-5-6-24(12-13)17-10-21-11-18(23-17)25-16-8-15(20)4-3-14(16)9-22-25/h3-6,8-12H,2,7,20H2,1H3. The molecule has 0 atom stereocenters.